The molecule has 1 saturated heterocycles. The number of imidazole rings is 1. The highest BCUT2D eigenvalue weighted by Gasteiger charge is 2.29. The summed E-state index contributed by atoms with van der Waals surface area (Å²) in [7, 11) is 0. The normalized spacial score (nSPS) is 16.8. The molecular weight excluding hydrogens is 370 g/mol. The van der Waals surface area contributed by atoms with Crippen LogP contribution in [-0.4, -0.2) is 71.8 Å². The molecule has 0 spiro atoms. The Morgan fingerprint density at radius 2 is 2.03 bits per heavy atom. The molecule has 3 rings (SSSR count). The van der Waals surface area contributed by atoms with Gasteiger partial charge in [0.2, 0.25) is 5.91 Å². The van der Waals surface area contributed by atoms with E-state index in [1.165, 1.54) is 4.68 Å². The maximum atomic E-state index is 13.1. The second-order valence-corrected chi connectivity index (χ2v) is 7.47. The zero-order chi connectivity index (χ0) is 20.8. The molecule has 1 atom stereocenters. The number of aromatic nitrogens is 5. The standard InChI is InChI=1S/C20H31N7O2/c1-4-24(5-2)19(28)15-26-14-18(22-23-26)20(29)27-11-7-6-8-17(27)9-12-25-13-10-21-16(25)3/h10,13-14,17H,4-9,11-12,15H2,1-3H3. The van der Waals surface area contributed by atoms with Gasteiger partial charge in [0.15, 0.2) is 5.69 Å². The molecular formula is C20H31N7O2. The number of likely N-dealkylation sites (N-methyl/N-ethyl adjacent to an activating group) is 1. The number of likely N-dealkylation sites (tertiary alicyclic amines) is 1. The quantitative estimate of drug-likeness (QED) is 0.672. The number of carbonyl (C=O) groups excluding carboxylic acids is 2. The van der Waals surface area contributed by atoms with Crippen LogP contribution in [0.25, 0.3) is 0 Å². The van der Waals surface area contributed by atoms with Crippen molar-refractivity contribution >= 4 is 11.8 Å². The fourth-order valence-electron chi connectivity index (χ4n) is 3.93. The Labute approximate surface area is 171 Å². The summed E-state index contributed by atoms with van der Waals surface area (Å²) >= 11 is 0. The second-order valence-electron chi connectivity index (χ2n) is 7.47. The van der Waals surface area contributed by atoms with Crippen LogP contribution in [0, 0.1) is 6.92 Å². The number of rotatable bonds is 8. The minimum Gasteiger partial charge on any atom is -0.342 e. The zero-order valence-corrected chi connectivity index (χ0v) is 17.6. The largest absolute Gasteiger partial charge is 0.342 e. The SMILES string of the molecule is CCN(CC)C(=O)Cn1cc(C(=O)N2CCCCC2CCn2ccnc2C)nn1. The van der Waals surface area contributed by atoms with Crippen LogP contribution in [0.2, 0.25) is 0 Å². The van der Waals surface area contributed by atoms with Crippen LogP contribution < -0.4 is 0 Å². The van der Waals surface area contributed by atoms with Gasteiger partial charge in [0.25, 0.3) is 5.91 Å². The first-order valence-corrected chi connectivity index (χ1v) is 10.5. The topological polar surface area (TPSA) is 89.2 Å². The summed E-state index contributed by atoms with van der Waals surface area (Å²) in [6, 6.07) is 0.181. The van der Waals surface area contributed by atoms with E-state index < -0.39 is 0 Å². The highest BCUT2D eigenvalue weighted by molar-refractivity contribution is 5.92. The Morgan fingerprint density at radius 3 is 2.72 bits per heavy atom. The first-order valence-electron chi connectivity index (χ1n) is 10.5. The summed E-state index contributed by atoms with van der Waals surface area (Å²) in [6.07, 6.45) is 9.38. The average Bonchev–Trinajstić information content (AvgIpc) is 3.36. The van der Waals surface area contributed by atoms with Gasteiger partial charge >= 0.3 is 0 Å². The van der Waals surface area contributed by atoms with Crippen molar-refractivity contribution in [2.24, 2.45) is 0 Å². The van der Waals surface area contributed by atoms with Crippen molar-refractivity contribution in [3.05, 3.63) is 30.1 Å². The third-order valence-corrected chi connectivity index (χ3v) is 5.69. The van der Waals surface area contributed by atoms with Gasteiger partial charge in [0.1, 0.15) is 12.4 Å². The van der Waals surface area contributed by atoms with Crippen molar-refractivity contribution in [2.75, 3.05) is 19.6 Å². The van der Waals surface area contributed by atoms with E-state index in [0.29, 0.717) is 18.8 Å². The van der Waals surface area contributed by atoms with Gasteiger partial charge in [-0.15, -0.1) is 5.10 Å². The van der Waals surface area contributed by atoms with Gasteiger partial charge in [-0.2, -0.15) is 0 Å². The smallest absolute Gasteiger partial charge is 0.276 e. The van der Waals surface area contributed by atoms with Crippen LogP contribution in [0.15, 0.2) is 18.6 Å². The Hall–Kier alpha value is -2.71. The van der Waals surface area contributed by atoms with Gasteiger partial charge < -0.3 is 14.4 Å². The maximum absolute atomic E-state index is 13.1. The molecule has 158 valence electrons. The molecule has 0 saturated carbocycles. The molecule has 2 aromatic heterocycles. The highest BCUT2D eigenvalue weighted by Crippen LogP contribution is 2.22. The van der Waals surface area contributed by atoms with Crippen LogP contribution in [0.4, 0.5) is 0 Å². The first-order chi connectivity index (χ1) is 14.0. The van der Waals surface area contributed by atoms with Crippen LogP contribution in [0.1, 0.15) is 55.8 Å². The van der Waals surface area contributed by atoms with Gasteiger partial charge in [0.05, 0.1) is 6.20 Å². The third-order valence-electron chi connectivity index (χ3n) is 5.69. The van der Waals surface area contributed by atoms with Crippen LogP contribution in [0.5, 0.6) is 0 Å². The van der Waals surface area contributed by atoms with Crippen molar-refractivity contribution in [3.63, 3.8) is 0 Å². The lowest BCUT2D eigenvalue weighted by Gasteiger charge is -2.35. The summed E-state index contributed by atoms with van der Waals surface area (Å²) in [4.78, 5) is 33.3. The minimum absolute atomic E-state index is 0.0227. The Kier molecular flexibility index (Phi) is 7.00. The summed E-state index contributed by atoms with van der Waals surface area (Å²) in [5.41, 5.74) is 0.308. The Bertz CT molecular complexity index is 824. The van der Waals surface area contributed by atoms with Crippen LogP contribution in [-0.2, 0) is 17.9 Å². The fraction of sp³-hybridized carbons (Fsp3) is 0.650. The van der Waals surface area contributed by atoms with E-state index in [2.05, 4.69) is 19.9 Å². The lowest BCUT2D eigenvalue weighted by Crippen LogP contribution is -2.44. The molecule has 2 aromatic rings. The molecule has 9 heteroatoms. The summed E-state index contributed by atoms with van der Waals surface area (Å²) in [5, 5.41) is 8.06. The maximum Gasteiger partial charge on any atom is 0.276 e. The van der Waals surface area contributed by atoms with E-state index >= 15 is 0 Å². The van der Waals surface area contributed by atoms with E-state index in [1.807, 2.05) is 31.9 Å². The van der Waals surface area contributed by atoms with Crippen molar-refractivity contribution in [1.29, 1.82) is 0 Å². The number of nitrogens with zero attached hydrogens (tertiary/aromatic N) is 7. The molecule has 2 amide bonds. The fourth-order valence-corrected chi connectivity index (χ4v) is 3.93. The van der Waals surface area contributed by atoms with Gasteiger partial charge in [-0.3, -0.25) is 9.59 Å². The van der Waals surface area contributed by atoms with Crippen molar-refractivity contribution < 1.29 is 9.59 Å². The van der Waals surface area contributed by atoms with Crippen molar-refractivity contribution in [3.8, 4) is 0 Å². The minimum atomic E-state index is -0.0985. The van der Waals surface area contributed by atoms with Crippen LogP contribution >= 0.6 is 0 Å². The molecule has 1 aliphatic heterocycles. The Balaban J connectivity index is 1.64. The summed E-state index contributed by atoms with van der Waals surface area (Å²) < 4.78 is 3.58. The van der Waals surface area contributed by atoms with Crippen molar-refractivity contribution in [1.82, 2.24) is 34.3 Å². The number of hydrogen-bond acceptors (Lipinski definition) is 5. The average molecular weight is 402 g/mol. The molecule has 1 aliphatic rings. The lowest BCUT2D eigenvalue weighted by atomic mass is 9.99. The first kappa shape index (κ1) is 21.0. The van der Waals surface area contributed by atoms with Crippen molar-refractivity contribution in [2.45, 2.75) is 65.6 Å². The summed E-state index contributed by atoms with van der Waals surface area (Å²) in [6.45, 7) is 8.86. The van der Waals surface area contributed by atoms with Gasteiger partial charge in [-0.05, 0) is 46.5 Å². The molecule has 1 fully saturated rings. The van der Waals surface area contributed by atoms with Gasteiger partial charge in [-0.25, -0.2) is 9.67 Å². The lowest BCUT2D eigenvalue weighted by molar-refractivity contribution is -0.131. The third kappa shape index (κ3) is 5.02. The molecule has 0 aromatic carbocycles. The van der Waals surface area contributed by atoms with E-state index in [0.717, 1.165) is 44.6 Å². The van der Waals surface area contributed by atoms with Gasteiger partial charge in [-0.1, -0.05) is 5.21 Å². The van der Waals surface area contributed by atoms with E-state index in [4.69, 9.17) is 0 Å². The van der Waals surface area contributed by atoms with Crippen LogP contribution in [0.3, 0.4) is 0 Å². The molecule has 0 N–H and O–H groups in total. The van der Waals surface area contributed by atoms with Gasteiger partial charge in [0, 0.05) is 44.6 Å². The van der Waals surface area contributed by atoms with E-state index in [1.54, 1.807) is 17.3 Å². The molecule has 3 heterocycles. The number of hydrogen-bond donors (Lipinski definition) is 0. The number of aryl methyl sites for hydroxylation is 2. The molecule has 9 nitrogen and oxygen atoms in total. The molecule has 1 unspecified atom stereocenters. The number of amides is 2. The number of carbonyl (C=O) groups is 2. The van der Waals surface area contributed by atoms with E-state index in [-0.39, 0.29) is 24.4 Å². The highest BCUT2D eigenvalue weighted by atomic mass is 16.2. The zero-order valence-electron chi connectivity index (χ0n) is 17.6. The molecule has 0 radical (unpaired) electrons. The molecule has 0 aliphatic carbocycles. The predicted molar refractivity (Wildman–Crippen MR) is 108 cm³/mol. The number of piperidine rings is 1. The van der Waals surface area contributed by atoms with E-state index in [9.17, 15) is 9.59 Å². The second kappa shape index (κ2) is 9.67. The monoisotopic (exact) mass is 401 g/mol. The summed E-state index contributed by atoms with van der Waals surface area (Å²) in [5.74, 6) is 0.864. The molecule has 0 bridgehead atoms. The Morgan fingerprint density at radius 1 is 1.24 bits per heavy atom. The predicted octanol–water partition coefficient (Wildman–Crippen LogP) is 1.74. The molecule has 29 heavy (non-hydrogen) atoms.